The SMILES string of the molecule is COc1ccc(OC)c(CCNC(=O)c2ccc(NS(=O)(=O)c3ccc(F)cc3)cc2)c1. The van der Waals surface area contributed by atoms with Gasteiger partial charge in [0.05, 0.1) is 19.1 Å². The molecule has 0 spiro atoms. The topological polar surface area (TPSA) is 93.7 Å². The zero-order chi connectivity index (χ0) is 23.1. The molecule has 0 bridgehead atoms. The summed E-state index contributed by atoms with van der Waals surface area (Å²) in [5.74, 6) is 0.590. The molecule has 3 aromatic rings. The molecule has 0 radical (unpaired) electrons. The van der Waals surface area contributed by atoms with E-state index in [4.69, 9.17) is 9.47 Å². The maximum absolute atomic E-state index is 13.0. The van der Waals surface area contributed by atoms with Crippen LogP contribution in [0.3, 0.4) is 0 Å². The van der Waals surface area contributed by atoms with Crippen molar-refractivity contribution in [1.82, 2.24) is 5.32 Å². The number of carbonyl (C=O) groups excluding carboxylic acids is 1. The Bertz CT molecular complexity index is 1180. The van der Waals surface area contributed by atoms with Crippen molar-refractivity contribution >= 4 is 21.6 Å². The average molecular weight is 459 g/mol. The smallest absolute Gasteiger partial charge is 0.261 e. The molecule has 0 aliphatic rings. The lowest BCUT2D eigenvalue weighted by atomic mass is 10.1. The van der Waals surface area contributed by atoms with Crippen molar-refractivity contribution in [2.45, 2.75) is 11.3 Å². The van der Waals surface area contributed by atoms with Crippen molar-refractivity contribution < 1.29 is 27.1 Å². The summed E-state index contributed by atoms with van der Waals surface area (Å²) in [6, 6.07) is 16.0. The van der Waals surface area contributed by atoms with E-state index in [1.807, 2.05) is 12.1 Å². The predicted molar refractivity (Wildman–Crippen MR) is 119 cm³/mol. The van der Waals surface area contributed by atoms with Gasteiger partial charge in [-0.2, -0.15) is 0 Å². The zero-order valence-corrected chi connectivity index (χ0v) is 18.4. The molecular formula is C23H23FN2O5S. The minimum absolute atomic E-state index is 0.0614. The van der Waals surface area contributed by atoms with Crippen LogP contribution in [0.2, 0.25) is 0 Å². The van der Waals surface area contributed by atoms with E-state index in [0.717, 1.165) is 17.7 Å². The predicted octanol–water partition coefficient (Wildman–Crippen LogP) is 3.62. The van der Waals surface area contributed by atoms with Gasteiger partial charge in [-0.1, -0.05) is 0 Å². The Kier molecular flexibility index (Phi) is 7.32. The molecule has 0 fully saturated rings. The first-order chi connectivity index (χ1) is 15.3. The van der Waals surface area contributed by atoms with Crippen LogP contribution in [0, 0.1) is 5.82 Å². The van der Waals surface area contributed by atoms with Gasteiger partial charge in [0, 0.05) is 17.8 Å². The number of halogens is 1. The summed E-state index contributed by atoms with van der Waals surface area (Å²) in [6.45, 7) is 0.376. The Morgan fingerprint density at radius 3 is 2.25 bits per heavy atom. The summed E-state index contributed by atoms with van der Waals surface area (Å²) in [5, 5.41) is 2.83. The quantitative estimate of drug-likeness (QED) is 0.511. The number of methoxy groups -OCH3 is 2. The van der Waals surface area contributed by atoms with Crippen LogP contribution in [-0.4, -0.2) is 35.1 Å². The van der Waals surface area contributed by atoms with Gasteiger partial charge >= 0.3 is 0 Å². The van der Waals surface area contributed by atoms with Gasteiger partial charge in [0.15, 0.2) is 0 Å². The Morgan fingerprint density at radius 1 is 0.938 bits per heavy atom. The second-order valence-corrected chi connectivity index (χ2v) is 8.50. The van der Waals surface area contributed by atoms with Gasteiger partial charge in [-0.15, -0.1) is 0 Å². The summed E-state index contributed by atoms with van der Waals surface area (Å²) in [6.07, 6.45) is 0.543. The standard InChI is InChI=1S/C23H23FN2O5S/c1-30-20-9-12-22(31-2)17(15-20)13-14-25-23(27)16-3-7-19(8-4-16)26-32(28,29)21-10-5-18(24)6-11-21/h3-12,15,26H,13-14H2,1-2H3,(H,25,27). The van der Waals surface area contributed by atoms with E-state index in [0.29, 0.717) is 30.0 Å². The fourth-order valence-electron chi connectivity index (χ4n) is 3.01. The van der Waals surface area contributed by atoms with E-state index in [1.165, 1.54) is 36.4 Å². The fourth-order valence-corrected chi connectivity index (χ4v) is 4.07. The van der Waals surface area contributed by atoms with Crippen LogP contribution in [0.5, 0.6) is 11.5 Å². The third-order valence-electron chi connectivity index (χ3n) is 4.69. The van der Waals surface area contributed by atoms with Gasteiger partial charge in [-0.3, -0.25) is 9.52 Å². The Hall–Kier alpha value is -3.59. The minimum Gasteiger partial charge on any atom is -0.497 e. The van der Waals surface area contributed by atoms with Gasteiger partial charge < -0.3 is 14.8 Å². The molecule has 0 atom stereocenters. The number of sulfonamides is 1. The van der Waals surface area contributed by atoms with E-state index >= 15 is 0 Å². The van der Waals surface area contributed by atoms with Crippen molar-refractivity contribution in [3.05, 3.63) is 83.7 Å². The summed E-state index contributed by atoms with van der Waals surface area (Å²) >= 11 is 0. The number of nitrogens with one attached hydrogen (secondary N) is 2. The molecule has 7 nitrogen and oxygen atoms in total. The van der Waals surface area contributed by atoms with E-state index in [1.54, 1.807) is 20.3 Å². The molecule has 0 aliphatic carbocycles. The zero-order valence-electron chi connectivity index (χ0n) is 17.6. The molecule has 0 aromatic heterocycles. The van der Waals surface area contributed by atoms with Gasteiger partial charge in [0.2, 0.25) is 0 Å². The number of rotatable bonds is 9. The maximum atomic E-state index is 13.0. The first kappa shape index (κ1) is 23.1. The number of benzene rings is 3. The molecule has 3 aromatic carbocycles. The molecule has 0 saturated heterocycles. The molecule has 0 unspecified atom stereocenters. The number of ether oxygens (including phenoxy) is 2. The molecule has 168 valence electrons. The summed E-state index contributed by atoms with van der Waals surface area (Å²) in [4.78, 5) is 12.4. The lowest BCUT2D eigenvalue weighted by Crippen LogP contribution is -2.25. The second-order valence-electron chi connectivity index (χ2n) is 6.82. The lowest BCUT2D eigenvalue weighted by Gasteiger charge is -2.11. The molecule has 2 N–H and O–H groups in total. The van der Waals surface area contributed by atoms with Crippen molar-refractivity contribution in [3.8, 4) is 11.5 Å². The van der Waals surface area contributed by atoms with Crippen LogP contribution in [0.25, 0.3) is 0 Å². The van der Waals surface area contributed by atoms with E-state index in [2.05, 4.69) is 10.0 Å². The van der Waals surface area contributed by atoms with E-state index in [-0.39, 0.29) is 16.5 Å². The lowest BCUT2D eigenvalue weighted by molar-refractivity contribution is 0.0954. The Balaban J connectivity index is 1.59. The highest BCUT2D eigenvalue weighted by Gasteiger charge is 2.15. The number of carbonyl (C=O) groups is 1. The molecule has 1 amide bonds. The van der Waals surface area contributed by atoms with Crippen LogP contribution in [0.4, 0.5) is 10.1 Å². The third-order valence-corrected chi connectivity index (χ3v) is 6.09. The number of amides is 1. The summed E-state index contributed by atoms with van der Waals surface area (Å²) in [5.41, 5.74) is 1.57. The molecular weight excluding hydrogens is 435 g/mol. The van der Waals surface area contributed by atoms with E-state index in [9.17, 15) is 17.6 Å². The fraction of sp³-hybridized carbons (Fsp3) is 0.174. The second kappa shape index (κ2) is 10.1. The van der Waals surface area contributed by atoms with Crippen LogP contribution >= 0.6 is 0 Å². The van der Waals surface area contributed by atoms with Crippen LogP contribution in [0.15, 0.2) is 71.6 Å². The van der Waals surface area contributed by atoms with E-state index < -0.39 is 15.8 Å². The van der Waals surface area contributed by atoms with Gasteiger partial charge in [-0.05, 0) is 78.7 Å². The van der Waals surface area contributed by atoms with Gasteiger partial charge in [-0.25, -0.2) is 12.8 Å². The normalized spacial score (nSPS) is 11.0. The molecule has 32 heavy (non-hydrogen) atoms. The van der Waals surface area contributed by atoms with Crippen molar-refractivity contribution in [3.63, 3.8) is 0 Å². The first-order valence-corrected chi connectivity index (χ1v) is 11.2. The van der Waals surface area contributed by atoms with Crippen molar-refractivity contribution in [2.75, 3.05) is 25.5 Å². The molecule has 0 heterocycles. The van der Waals surface area contributed by atoms with Crippen molar-refractivity contribution in [1.29, 1.82) is 0 Å². The highest BCUT2D eigenvalue weighted by atomic mass is 32.2. The average Bonchev–Trinajstić information content (AvgIpc) is 2.79. The molecule has 0 saturated carbocycles. The largest absolute Gasteiger partial charge is 0.497 e. The third kappa shape index (κ3) is 5.76. The molecule has 0 aliphatic heterocycles. The van der Waals surface area contributed by atoms with Crippen LogP contribution in [-0.2, 0) is 16.4 Å². The van der Waals surface area contributed by atoms with Gasteiger partial charge in [0.25, 0.3) is 15.9 Å². The highest BCUT2D eigenvalue weighted by Crippen LogP contribution is 2.24. The Morgan fingerprint density at radius 2 is 1.62 bits per heavy atom. The van der Waals surface area contributed by atoms with Gasteiger partial charge in [0.1, 0.15) is 17.3 Å². The van der Waals surface area contributed by atoms with Crippen molar-refractivity contribution in [2.24, 2.45) is 0 Å². The highest BCUT2D eigenvalue weighted by molar-refractivity contribution is 7.92. The minimum atomic E-state index is -3.86. The molecule has 9 heteroatoms. The first-order valence-electron chi connectivity index (χ1n) is 9.70. The monoisotopic (exact) mass is 458 g/mol. The Labute approximate surface area is 186 Å². The maximum Gasteiger partial charge on any atom is 0.261 e. The summed E-state index contributed by atoms with van der Waals surface area (Å²) < 4.78 is 50.7. The van der Waals surface area contributed by atoms with Crippen LogP contribution in [0.1, 0.15) is 15.9 Å². The molecule has 3 rings (SSSR count). The number of anilines is 1. The summed E-state index contributed by atoms with van der Waals surface area (Å²) in [7, 11) is -0.700. The number of hydrogen-bond donors (Lipinski definition) is 2. The number of hydrogen-bond acceptors (Lipinski definition) is 5. The van der Waals surface area contributed by atoms with Crippen LogP contribution < -0.4 is 19.5 Å².